The molecule has 0 saturated heterocycles. The van der Waals surface area contributed by atoms with Crippen molar-refractivity contribution >= 4 is 62.0 Å². The third-order valence-corrected chi connectivity index (χ3v) is 4.56. The predicted molar refractivity (Wildman–Crippen MR) is 95.4 cm³/mol. The second-order valence-electron chi connectivity index (χ2n) is 3.28. The first-order valence-electron chi connectivity index (χ1n) is 6.35. The summed E-state index contributed by atoms with van der Waals surface area (Å²) in [5.74, 6) is 0.701. The van der Waals surface area contributed by atoms with Crippen LogP contribution in [0.3, 0.4) is 0 Å². The molecule has 0 aliphatic rings. The molecule has 0 heterocycles. The van der Waals surface area contributed by atoms with Crippen LogP contribution >= 0.6 is 62.0 Å². The Kier molecular flexibility index (Phi) is 19.7. The van der Waals surface area contributed by atoms with E-state index in [1.807, 2.05) is 0 Å². The molecule has 0 amide bonds. The van der Waals surface area contributed by atoms with E-state index in [4.69, 9.17) is 60.3 Å². The molecule has 0 atom stereocenters. The van der Waals surface area contributed by atoms with Gasteiger partial charge in [0.15, 0.2) is 0 Å². The summed E-state index contributed by atoms with van der Waals surface area (Å²) in [6.07, 6.45) is 0.989. The Morgan fingerprint density at radius 3 is 1.42 bits per heavy atom. The van der Waals surface area contributed by atoms with Crippen LogP contribution < -0.4 is 0 Å². The van der Waals surface area contributed by atoms with Crippen LogP contribution in [0.4, 0.5) is 0 Å². The summed E-state index contributed by atoms with van der Waals surface area (Å²) in [5.41, 5.74) is 0. The average molecular weight is 472 g/mol. The summed E-state index contributed by atoms with van der Waals surface area (Å²) < 4.78 is 45.1. The second-order valence-corrected chi connectivity index (χ2v) is 7.86. The molecule has 1 N–H and O–H groups in total. The Morgan fingerprint density at radius 1 is 0.792 bits per heavy atom. The molecule has 0 aromatic heterocycles. The number of phosphoric acid groups is 2. The third kappa shape index (κ3) is 17.8. The molecular formula is C10H20Cl4O8P2. The molecule has 14 heteroatoms. The van der Waals surface area contributed by atoms with E-state index in [1.54, 1.807) is 0 Å². The van der Waals surface area contributed by atoms with E-state index in [0.29, 0.717) is 0 Å². The van der Waals surface area contributed by atoms with Gasteiger partial charge in [-0.3, -0.25) is 18.1 Å². The maximum absolute atomic E-state index is 11.5. The monoisotopic (exact) mass is 470 g/mol. The second kappa shape index (κ2) is 17.4. The first-order chi connectivity index (χ1) is 11.3. The zero-order valence-corrected chi connectivity index (χ0v) is 17.5. The van der Waals surface area contributed by atoms with Crippen LogP contribution in [0.5, 0.6) is 0 Å². The highest BCUT2D eigenvalue weighted by Crippen LogP contribution is 2.49. The van der Waals surface area contributed by atoms with Gasteiger partial charge in [-0.25, -0.2) is 9.13 Å². The summed E-state index contributed by atoms with van der Waals surface area (Å²) in [7, 11) is -7.43. The van der Waals surface area contributed by atoms with E-state index in [2.05, 4.69) is 20.2 Å². The molecule has 24 heavy (non-hydrogen) atoms. The lowest BCUT2D eigenvalue weighted by atomic mass is 10.9. The van der Waals surface area contributed by atoms with Crippen molar-refractivity contribution in [1.82, 2.24) is 0 Å². The third-order valence-electron chi connectivity index (χ3n) is 1.52. The van der Waals surface area contributed by atoms with Gasteiger partial charge in [0.2, 0.25) is 0 Å². The van der Waals surface area contributed by atoms with E-state index in [0.717, 1.165) is 6.26 Å². The van der Waals surface area contributed by atoms with E-state index < -0.39 is 15.6 Å². The van der Waals surface area contributed by atoms with Crippen molar-refractivity contribution in [3.05, 3.63) is 12.8 Å². The molecule has 0 unspecified atom stereocenters. The highest BCUT2D eigenvalue weighted by atomic mass is 35.5. The van der Waals surface area contributed by atoms with E-state index >= 15 is 0 Å². The van der Waals surface area contributed by atoms with Crippen molar-refractivity contribution in [2.24, 2.45) is 0 Å². The number of alkyl halides is 4. The normalized spacial score (nSPS) is 11.5. The molecule has 0 aliphatic heterocycles. The van der Waals surface area contributed by atoms with Crippen LogP contribution in [0.2, 0.25) is 0 Å². The molecule has 8 nitrogen and oxygen atoms in total. The van der Waals surface area contributed by atoms with Gasteiger partial charge in [0, 0.05) is 23.5 Å². The summed E-state index contributed by atoms with van der Waals surface area (Å²) >= 11 is 21.1. The van der Waals surface area contributed by atoms with E-state index in [-0.39, 0.29) is 49.9 Å². The first-order valence-corrected chi connectivity index (χ1v) is 11.4. The van der Waals surface area contributed by atoms with Crippen LogP contribution in [0.25, 0.3) is 0 Å². The molecule has 0 fully saturated rings. The van der Waals surface area contributed by atoms with Crippen molar-refractivity contribution in [3.63, 3.8) is 0 Å². The Bertz CT molecular complexity index is 377. The van der Waals surface area contributed by atoms with Gasteiger partial charge in [0.25, 0.3) is 0 Å². The lowest BCUT2D eigenvalue weighted by Crippen LogP contribution is -2.01. The summed E-state index contributed by atoms with van der Waals surface area (Å²) in [4.78, 5) is 8.77. The van der Waals surface area contributed by atoms with E-state index in [9.17, 15) is 9.13 Å². The van der Waals surface area contributed by atoms with Gasteiger partial charge in [-0.2, -0.15) is 0 Å². The maximum Gasteiger partial charge on any atom is 0.529 e. The van der Waals surface area contributed by atoms with Crippen LogP contribution in [0.1, 0.15) is 0 Å². The van der Waals surface area contributed by atoms with Gasteiger partial charge in [0.05, 0.1) is 32.7 Å². The van der Waals surface area contributed by atoms with Gasteiger partial charge in [-0.05, 0) is 0 Å². The number of halogens is 4. The Balaban J connectivity index is 0. The standard InChI is InChI=1S/C6H11Cl2O4P.C4H9Cl2O4P/c1-2-10-13(9,11-5-3-7)12-6-4-8;5-1-3-9-11(7,8)10-4-2-6/h2H,1,3-6H2;1-4H2,(H,7,8). The minimum absolute atomic E-state index is 0.0163. The zero-order valence-electron chi connectivity index (χ0n) is 12.7. The number of phosphoric ester groups is 2. The molecule has 0 saturated carbocycles. The minimum atomic E-state index is -3.89. The van der Waals surface area contributed by atoms with Crippen molar-refractivity contribution in [1.29, 1.82) is 0 Å². The molecule has 0 aromatic carbocycles. The molecule has 0 aromatic rings. The SMILES string of the molecule is C=COP(=O)(OCCCl)OCCCl.O=P(O)(OCCCl)OCCCl. The maximum atomic E-state index is 11.5. The molecule has 0 spiro atoms. The van der Waals surface area contributed by atoms with Gasteiger partial charge in [0.1, 0.15) is 0 Å². The van der Waals surface area contributed by atoms with Crippen molar-refractivity contribution in [2.45, 2.75) is 0 Å². The van der Waals surface area contributed by atoms with Gasteiger partial charge < -0.3 is 9.42 Å². The molecule has 0 radical (unpaired) electrons. The summed E-state index contributed by atoms with van der Waals surface area (Å²) in [5, 5.41) is 0. The van der Waals surface area contributed by atoms with Gasteiger partial charge >= 0.3 is 15.6 Å². The highest BCUT2D eigenvalue weighted by molar-refractivity contribution is 7.48. The zero-order chi connectivity index (χ0) is 18.9. The Labute approximate surface area is 161 Å². The van der Waals surface area contributed by atoms with Gasteiger partial charge in [-0.1, -0.05) is 6.58 Å². The predicted octanol–water partition coefficient (Wildman–Crippen LogP) is 4.36. The van der Waals surface area contributed by atoms with Crippen molar-refractivity contribution < 1.29 is 36.6 Å². The lowest BCUT2D eigenvalue weighted by Gasteiger charge is -2.14. The number of hydrogen-bond donors (Lipinski definition) is 1. The molecule has 0 aliphatic carbocycles. The topological polar surface area (TPSA) is 101 Å². The van der Waals surface area contributed by atoms with Crippen LogP contribution in [0, 0.1) is 0 Å². The van der Waals surface area contributed by atoms with Crippen LogP contribution in [-0.4, -0.2) is 54.8 Å². The summed E-state index contributed by atoms with van der Waals surface area (Å²) in [6.45, 7) is 3.37. The molecule has 0 rings (SSSR count). The average Bonchev–Trinajstić information content (AvgIpc) is 2.56. The lowest BCUT2D eigenvalue weighted by molar-refractivity contribution is 0.155. The summed E-state index contributed by atoms with van der Waals surface area (Å²) in [6, 6.07) is 0. The highest BCUT2D eigenvalue weighted by Gasteiger charge is 2.25. The molecule has 146 valence electrons. The largest absolute Gasteiger partial charge is 0.529 e. The fourth-order valence-electron chi connectivity index (χ4n) is 0.819. The van der Waals surface area contributed by atoms with Crippen LogP contribution in [0.15, 0.2) is 12.8 Å². The first kappa shape index (κ1) is 27.2. The Morgan fingerprint density at radius 2 is 1.12 bits per heavy atom. The van der Waals surface area contributed by atoms with E-state index in [1.165, 1.54) is 0 Å². The Hall–Kier alpha value is 0.960. The number of hydrogen-bond acceptors (Lipinski definition) is 7. The fraction of sp³-hybridized carbons (Fsp3) is 0.800. The number of rotatable bonds is 14. The minimum Gasteiger partial charge on any atom is -0.413 e. The molecular weight excluding hydrogens is 452 g/mol. The van der Waals surface area contributed by atoms with Gasteiger partial charge in [-0.15, -0.1) is 46.4 Å². The van der Waals surface area contributed by atoms with Crippen molar-refractivity contribution in [3.8, 4) is 0 Å². The fourth-order valence-corrected chi connectivity index (χ4v) is 3.29. The van der Waals surface area contributed by atoms with Crippen LogP contribution in [-0.2, 0) is 31.7 Å². The molecule has 0 bridgehead atoms. The smallest absolute Gasteiger partial charge is 0.413 e. The van der Waals surface area contributed by atoms with Crippen molar-refractivity contribution in [2.75, 3.05) is 49.9 Å². The quantitative estimate of drug-likeness (QED) is 0.226.